The highest BCUT2D eigenvalue weighted by Gasteiger charge is 2.24. The van der Waals surface area contributed by atoms with E-state index in [1.165, 1.54) is 35.4 Å². The van der Waals surface area contributed by atoms with Gasteiger partial charge in [-0.3, -0.25) is 9.89 Å². The van der Waals surface area contributed by atoms with Crippen molar-refractivity contribution in [3.05, 3.63) is 21.9 Å². The second kappa shape index (κ2) is 8.13. The number of nitrogens with one attached hydrogen (secondary N) is 1. The molecule has 0 aromatic carbocycles. The first-order valence-electron chi connectivity index (χ1n) is 8.67. The van der Waals surface area contributed by atoms with Crippen LogP contribution in [0.4, 0.5) is 0 Å². The molecular weight excluding hydrogens is 308 g/mol. The molecule has 5 nitrogen and oxygen atoms in total. The van der Waals surface area contributed by atoms with Gasteiger partial charge in [0.1, 0.15) is 0 Å². The van der Waals surface area contributed by atoms with Crippen molar-refractivity contribution in [2.45, 2.75) is 44.7 Å². The summed E-state index contributed by atoms with van der Waals surface area (Å²) in [5, 5.41) is 3.38. The van der Waals surface area contributed by atoms with Gasteiger partial charge in [0.25, 0.3) is 0 Å². The highest BCUT2D eigenvalue weighted by Crippen LogP contribution is 2.28. The van der Waals surface area contributed by atoms with Crippen molar-refractivity contribution < 1.29 is 4.74 Å². The van der Waals surface area contributed by atoms with Gasteiger partial charge >= 0.3 is 0 Å². The van der Waals surface area contributed by atoms with Crippen molar-refractivity contribution in [1.82, 2.24) is 10.2 Å². The van der Waals surface area contributed by atoms with Crippen molar-refractivity contribution in [2.75, 3.05) is 32.8 Å². The van der Waals surface area contributed by atoms with Gasteiger partial charge < -0.3 is 15.8 Å². The van der Waals surface area contributed by atoms with Gasteiger partial charge in [-0.05, 0) is 31.9 Å². The van der Waals surface area contributed by atoms with Crippen molar-refractivity contribution >= 4 is 17.3 Å². The summed E-state index contributed by atoms with van der Waals surface area (Å²) >= 11 is 1.86. The van der Waals surface area contributed by atoms with E-state index in [9.17, 15) is 0 Å². The first kappa shape index (κ1) is 16.7. The Morgan fingerprint density at radius 1 is 1.39 bits per heavy atom. The van der Waals surface area contributed by atoms with Gasteiger partial charge in [-0.15, -0.1) is 11.3 Å². The molecule has 1 atom stereocenters. The molecule has 2 fully saturated rings. The molecule has 6 heteroatoms. The molecule has 0 spiro atoms. The van der Waals surface area contributed by atoms with Crippen molar-refractivity contribution in [3.8, 4) is 0 Å². The lowest BCUT2D eigenvalue weighted by atomic mass is 10.2. The molecule has 1 unspecified atom stereocenters. The zero-order valence-corrected chi connectivity index (χ0v) is 14.8. The van der Waals surface area contributed by atoms with Crippen LogP contribution < -0.4 is 11.1 Å². The van der Waals surface area contributed by atoms with Crippen LogP contribution in [0.15, 0.2) is 17.1 Å². The third kappa shape index (κ3) is 4.68. The molecule has 2 aliphatic rings. The second-order valence-electron chi connectivity index (χ2n) is 6.46. The summed E-state index contributed by atoms with van der Waals surface area (Å²) in [7, 11) is 0. The highest BCUT2D eigenvalue weighted by molar-refractivity contribution is 7.12. The van der Waals surface area contributed by atoms with E-state index in [1.807, 2.05) is 11.3 Å². The molecule has 128 valence electrons. The van der Waals surface area contributed by atoms with Crippen LogP contribution >= 0.6 is 11.3 Å². The monoisotopic (exact) mass is 336 g/mol. The van der Waals surface area contributed by atoms with E-state index < -0.39 is 0 Å². The third-order valence-corrected chi connectivity index (χ3v) is 5.82. The van der Waals surface area contributed by atoms with Crippen LogP contribution in [0.1, 0.15) is 41.5 Å². The molecule has 1 aliphatic heterocycles. The summed E-state index contributed by atoms with van der Waals surface area (Å²) in [6.45, 7) is 6.41. The average Bonchev–Trinajstić information content (AvgIpc) is 3.21. The maximum atomic E-state index is 6.11. The number of nitrogens with two attached hydrogens (primary N) is 1. The lowest BCUT2D eigenvalue weighted by Gasteiger charge is -2.33. The molecule has 2 heterocycles. The molecule has 3 rings (SSSR count). The van der Waals surface area contributed by atoms with Crippen LogP contribution in [0, 0.1) is 6.92 Å². The zero-order valence-electron chi connectivity index (χ0n) is 14.0. The first-order chi connectivity index (χ1) is 11.2. The van der Waals surface area contributed by atoms with E-state index in [2.05, 4.69) is 34.3 Å². The molecule has 0 amide bonds. The molecule has 23 heavy (non-hydrogen) atoms. The third-order valence-electron chi connectivity index (χ3n) is 4.72. The summed E-state index contributed by atoms with van der Waals surface area (Å²) in [4.78, 5) is 9.85. The van der Waals surface area contributed by atoms with Crippen LogP contribution in [0.25, 0.3) is 0 Å². The summed E-state index contributed by atoms with van der Waals surface area (Å²) in [6.07, 6.45) is 5.03. The Morgan fingerprint density at radius 2 is 2.13 bits per heavy atom. The number of aryl methyl sites for hydroxylation is 1. The summed E-state index contributed by atoms with van der Waals surface area (Å²) < 4.78 is 5.49. The highest BCUT2D eigenvalue weighted by atomic mass is 32.1. The van der Waals surface area contributed by atoms with E-state index in [1.54, 1.807) is 0 Å². The van der Waals surface area contributed by atoms with Crippen LogP contribution in [-0.2, 0) is 4.74 Å². The van der Waals surface area contributed by atoms with Crippen LogP contribution in [0.3, 0.4) is 0 Å². The minimum atomic E-state index is 0.307. The quantitative estimate of drug-likeness (QED) is 0.640. The Bertz CT molecular complexity index is 518. The Hall–Kier alpha value is -1.11. The largest absolute Gasteiger partial charge is 0.379 e. The molecule has 0 radical (unpaired) electrons. The van der Waals surface area contributed by atoms with Crippen LogP contribution in [0.5, 0.6) is 0 Å². The molecule has 3 N–H and O–H groups in total. The number of rotatable bonds is 5. The number of guanidine groups is 1. The molecule has 1 aromatic heterocycles. The van der Waals surface area contributed by atoms with Gasteiger partial charge in [0, 0.05) is 28.9 Å². The molecule has 1 aliphatic carbocycles. The van der Waals surface area contributed by atoms with Crippen LogP contribution in [-0.4, -0.2) is 49.7 Å². The fourth-order valence-electron chi connectivity index (χ4n) is 3.42. The number of ether oxygens (including phenoxy) is 1. The SMILES string of the molecule is Cc1ccc(C(CN=C(N)NC2CCCC2)N2CCOCC2)s1. The minimum Gasteiger partial charge on any atom is -0.379 e. The maximum Gasteiger partial charge on any atom is 0.188 e. The topological polar surface area (TPSA) is 62.9 Å². The fraction of sp³-hybridized carbons (Fsp3) is 0.706. The Kier molecular flexibility index (Phi) is 5.91. The van der Waals surface area contributed by atoms with Crippen molar-refractivity contribution in [1.29, 1.82) is 0 Å². The molecule has 1 saturated heterocycles. The fourth-order valence-corrected chi connectivity index (χ4v) is 4.42. The lowest BCUT2D eigenvalue weighted by Crippen LogP contribution is -2.41. The van der Waals surface area contributed by atoms with E-state index in [0.717, 1.165) is 26.3 Å². The normalized spacial score (nSPS) is 22.4. The number of thiophene rings is 1. The number of hydrogen-bond donors (Lipinski definition) is 2. The van der Waals surface area contributed by atoms with Gasteiger partial charge in [0.15, 0.2) is 5.96 Å². The summed E-state index contributed by atoms with van der Waals surface area (Å²) in [5.74, 6) is 0.600. The number of morpholine rings is 1. The van der Waals surface area contributed by atoms with E-state index in [4.69, 9.17) is 10.5 Å². The first-order valence-corrected chi connectivity index (χ1v) is 9.48. The number of hydrogen-bond acceptors (Lipinski definition) is 4. The number of nitrogens with zero attached hydrogens (tertiary/aromatic N) is 2. The summed E-state index contributed by atoms with van der Waals surface area (Å²) in [6, 6.07) is 5.25. The minimum absolute atomic E-state index is 0.307. The van der Waals surface area contributed by atoms with Gasteiger partial charge in [-0.25, -0.2) is 0 Å². The Labute approximate surface area is 142 Å². The average molecular weight is 337 g/mol. The van der Waals surface area contributed by atoms with Crippen LogP contribution in [0.2, 0.25) is 0 Å². The number of aliphatic imine (C=N–C) groups is 1. The molecule has 1 aromatic rings. The molecule has 1 saturated carbocycles. The van der Waals surface area contributed by atoms with E-state index in [-0.39, 0.29) is 0 Å². The predicted molar refractivity (Wildman–Crippen MR) is 96.1 cm³/mol. The smallest absolute Gasteiger partial charge is 0.188 e. The maximum absolute atomic E-state index is 6.11. The van der Waals surface area contributed by atoms with Gasteiger partial charge in [-0.2, -0.15) is 0 Å². The van der Waals surface area contributed by atoms with Gasteiger partial charge in [-0.1, -0.05) is 12.8 Å². The van der Waals surface area contributed by atoms with Gasteiger partial charge in [0.2, 0.25) is 0 Å². The standard InChI is InChI=1S/C17H28N4OS/c1-13-6-7-16(23-13)15(21-8-10-22-11-9-21)12-19-17(18)20-14-4-2-3-5-14/h6-7,14-15H,2-5,8-12H2,1H3,(H3,18,19,20). The van der Waals surface area contributed by atoms with Gasteiger partial charge in [0.05, 0.1) is 25.8 Å². The predicted octanol–water partition coefficient (Wildman–Crippen LogP) is 2.28. The Balaban J connectivity index is 1.65. The zero-order chi connectivity index (χ0) is 16.1. The molecule has 0 bridgehead atoms. The Morgan fingerprint density at radius 3 is 2.78 bits per heavy atom. The van der Waals surface area contributed by atoms with E-state index >= 15 is 0 Å². The molecular formula is C17H28N4OS. The van der Waals surface area contributed by atoms with Crippen molar-refractivity contribution in [2.24, 2.45) is 10.7 Å². The van der Waals surface area contributed by atoms with E-state index in [0.29, 0.717) is 24.6 Å². The lowest BCUT2D eigenvalue weighted by molar-refractivity contribution is 0.0187. The summed E-state index contributed by atoms with van der Waals surface area (Å²) in [5.41, 5.74) is 6.11. The van der Waals surface area contributed by atoms with Crippen molar-refractivity contribution in [3.63, 3.8) is 0 Å². The second-order valence-corrected chi connectivity index (χ2v) is 7.78.